The first-order valence-corrected chi connectivity index (χ1v) is 6.50. The van der Waals surface area contributed by atoms with Gasteiger partial charge in [0.15, 0.2) is 0 Å². The molecule has 0 aromatic rings. The fourth-order valence-electron chi connectivity index (χ4n) is 3.98. The minimum atomic E-state index is 0.0307. The molecule has 2 saturated heterocycles. The van der Waals surface area contributed by atoms with E-state index < -0.39 is 0 Å². The molecule has 16 heavy (non-hydrogen) atoms. The predicted octanol–water partition coefficient (Wildman–Crippen LogP) is 1.72. The van der Waals surface area contributed by atoms with Crippen LogP contribution in [0.5, 0.6) is 0 Å². The van der Waals surface area contributed by atoms with Crippen LogP contribution in [-0.2, 0) is 9.53 Å². The van der Waals surface area contributed by atoms with Gasteiger partial charge in [0.25, 0.3) is 0 Å². The SMILES string of the molecule is CC1C(=O)NC2(CCOCC2)C1(C)C1CC1. The van der Waals surface area contributed by atoms with Gasteiger partial charge in [-0.05, 0) is 31.6 Å². The van der Waals surface area contributed by atoms with E-state index in [2.05, 4.69) is 19.2 Å². The van der Waals surface area contributed by atoms with E-state index in [1.54, 1.807) is 0 Å². The van der Waals surface area contributed by atoms with Crippen molar-refractivity contribution in [1.82, 2.24) is 5.32 Å². The average Bonchev–Trinajstić information content (AvgIpc) is 3.09. The molecule has 3 heteroatoms. The largest absolute Gasteiger partial charge is 0.381 e. The van der Waals surface area contributed by atoms with E-state index in [0.29, 0.717) is 0 Å². The number of nitrogens with one attached hydrogen (secondary N) is 1. The predicted molar refractivity (Wildman–Crippen MR) is 60.9 cm³/mol. The van der Waals surface area contributed by atoms with Crippen LogP contribution in [0.25, 0.3) is 0 Å². The highest BCUT2D eigenvalue weighted by molar-refractivity contribution is 5.83. The summed E-state index contributed by atoms with van der Waals surface area (Å²) in [6, 6.07) is 0. The quantitative estimate of drug-likeness (QED) is 0.735. The van der Waals surface area contributed by atoms with Crippen molar-refractivity contribution in [1.29, 1.82) is 0 Å². The van der Waals surface area contributed by atoms with E-state index in [4.69, 9.17) is 4.74 Å². The fraction of sp³-hybridized carbons (Fsp3) is 0.923. The number of amides is 1. The maximum absolute atomic E-state index is 12.0. The Bertz CT molecular complexity index is 318. The summed E-state index contributed by atoms with van der Waals surface area (Å²) in [5.74, 6) is 1.17. The van der Waals surface area contributed by atoms with E-state index >= 15 is 0 Å². The molecule has 1 N–H and O–H groups in total. The van der Waals surface area contributed by atoms with Crippen molar-refractivity contribution in [2.75, 3.05) is 13.2 Å². The second-order valence-electron chi connectivity index (χ2n) is 5.96. The number of hydrogen-bond donors (Lipinski definition) is 1. The number of ether oxygens (including phenoxy) is 1. The lowest BCUT2D eigenvalue weighted by molar-refractivity contribution is -0.123. The second kappa shape index (κ2) is 3.22. The van der Waals surface area contributed by atoms with Gasteiger partial charge in [0.1, 0.15) is 0 Å². The minimum absolute atomic E-state index is 0.0307. The number of hydrogen-bond acceptors (Lipinski definition) is 2. The van der Waals surface area contributed by atoms with Gasteiger partial charge in [-0.1, -0.05) is 13.8 Å². The summed E-state index contributed by atoms with van der Waals surface area (Å²) in [7, 11) is 0. The van der Waals surface area contributed by atoms with Crippen molar-refractivity contribution in [3.8, 4) is 0 Å². The van der Waals surface area contributed by atoms with E-state index in [0.717, 1.165) is 32.0 Å². The van der Waals surface area contributed by atoms with Crippen LogP contribution in [0.2, 0.25) is 0 Å². The number of carbonyl (C=O) groups excluding carboxylic acids is 1. The molecule has 0 aromatic carbocycles. The zero-order valence-electron chi connectivity index (χ0n) is 10.2. The zero-order chi connectivity index (χ0) is 11.4. The van der Waals surface area contributed by atoms with Crippen molar-refractivity contribution in [2.24, 2.45) is 17.3 Å². The lowest BCUT2D eigenvalue weighted by Gasteiger charge is -2.47. The summed E-state index contributed by atoms with van der Waals surface area (Å²) in [6.07, 6.45) is 4.60. The third-order valence-corrected chi connectivity index (χ3v) is 5.46. The van der Waals surface area contributed by atoms with E-state index in [1.807, 2.05) is 0 Å². The van der Waals surface area contributed by atoms with E-state index in [9.17, 15) is 4.79 Å². The smallest absolute Gasteiger partial charge is 0.223 e. The van der Waals surface area contributed by atoms with E-state index in [-0.39, 0.29) is 22.8 Å². The standard InChI is InChI=1S/C13H21NO2/c1-9-11(15)14-13(5-7-16-8-6-13)12(9,2)10-3-4-10/h9-10H,3-8H2,1-2H3,(H,14,15). The molecule has 0 bridgehead atoms. The van der Waals surface area contributed by atoms with Gasteiger partial charge in [-0.15, -0.1) is 0 Å². The lowest BCUT2D eigenvalue weighted by Crippen LogP contribution is -2.56. The van der Waals surface area contributed by atoms with Crippen LogP contribution in [0, 0.1) is 17.3 Å². The Morgan fingerprint density at radius 3 is 2.50 bits per heavy atom. The molecule has 3 fully saturated rings. The second-order valence-corrected chi connectivity index (χ2v) is 5.96. The highest BCUT2D eigenvalue weighted by atomic mass is 16.5. The Labute approximate surface area is 96.9 Å². The summed E-state index contributed by atoms with van der Waals surface area (Å²) in [4.78, 5) is 12.0. The molecular formula is C13H21NO2. The molecule has 3 aliphatic rings. The molecule has 2 heterocycles. The first-order valence-electron chi connectivity index (χ1n) is 6.50. The van der Waals surface area contributed by atoms with Gasteiger partial charge in [0.05, 0.1) is 5.54 Å². The normalized spacial score (nSPS) is 42.4. The summed E-state index contributed by atoms with van der Waals surface area (Å²) >= 11 is 0. The van der Waals surface area contributed by atoms with Gasteiger partial charge in [-0.2, -0.15) is 0 Å². The summed E-state index contributed by atoms with van der Waals surface area (Å²) in [6.45, 7) is 6.04. The third-order valence-electron chi connectivity index (χ3n) is 5.46. The van der Waals surface area contributed by atoms with Crippen LogP contribution in [0.4, 0.5) is 0 Å². The molecule has 3 nitrogen and oxygen atoms in total. The maximum atomic E-state index is 12.0. The van der Waals surface area contributed by atoms with Crippen molar-refractivity contribution in [2.45, 2.75) is 45.1 Å². The van der Waals surface area contributed by atoms with Crippen LogP contribution in [-0.4, -0.2) is 24.7 Å². The molecule has 1 saturated carbocycles. The summed E-state index contributed by atoms with van der Waals surface area (Å²) in [5.41, 5.74) is 0.191. The maximum Gasteiger partial charge on any atom is 0.223 e. The van der Waals surface area contributed by atoms with Gasteiger partial charge >= 0.3 is 0 Å². The van der Waals surface area contributed by atoms with Crippen LogP contribution < -0.4 is 5.32 Å². The first-order chi connectivity index (χ1) is 7.60. The molecule has 1 spiro atoms. The average molecular weight is 223 g/mol. The monoisotopic (exact) mass is 223 g/mol. The molecule has 1 aliphatic carbocycles. The molecule has 2 unspecified atom stereocenters. The van der Waals surface area contributed by atoms with Gasteiger partial charge in [-0.3, -0.25) is 4.79 Å². The van der Waals surface area contributed by atoms with Gasteiger partial charge < -0.3 is 10.1 Å². The Morgan fingerprint density at radius 2 is 1.94 bits per heavy atom. The van der Waals surface area contributed by atoms with Crippen LogP contribution in [0.15, 0.2) is 0 Å². The van der Waals surface area contributed by atoms with E-state index in [1.165, 1.54) is 12.8 Å². The first kappa shape index (κ1) is 10.6. The third kappa shape index (κ3) is 1.15. The van der Waals surface area contributed by atoms with Crippen LogP contribution in [0.1, 0.15) is 39.5 Å². The Hall–Kier alpha value is -0.570. The molecule has 3 rings (SSSR count). The Balaban J connectivity index is 1.99. The van der Waals surface area contributed by atoms with Crippen LogP contribution in [0.3, 0.4) is 0 Å². The van der Waals surface area contributed by atoms with Crippen molar-refractivity contribution in [3.05, 3.63) is 0 Å². The molecule has 1 amide bonds. The topological polar surface area (TPSA) is 38.3 Å². The number of carbonyl (C=O) groups is 1. The van der Waals surface area contributed by atoms with Crippen molar-refractivity contribution < 1.29 is 9.53 Å². The zero-order valence-corrected chi connectivity index (χ0v) is 10.2. The van der Waals surface area contributed by atoms with Gasteiger partial charge in [0.2, 0.25) is 5.91 Å². The Kier molecular flexibility index (Phi) is 2.13. The minimum Gasteiger partial charge on any atom is -0.381 e. The van der Waals surface area contributed by atoms with Gasteiger partial charge in [-0.25, -0.2) is 0 Å². The van der Waals surface area contributed by atoms with Gasteiger partial charge in [0, 0.05) is 24.5 Å². The lowest BCUT2D eigenvalue weighted by atomic mass is 9.61. The molecule has 2 atom stereocenters. The molecule has 2 aliphatic heterocycles. The summed E-state index contributed by atoms with van der Waals surface area (Å²) in [5, 5.41) is 3.31. The van der Waals surface area contributed by atoms with Crippen molar-refractivity contribution in [3.63, 3.8) is 0 Å². The number of rotatable bonds is 1. The highest BCUT2D eigenvalue weighted by Crippen LogP contribution is 2.60. The molecule has 90 valence electrons. The Morgan fingerprint density at radius 1 is 1.31 bits per heavy atom. The van der Waals surface area contributed by atoms with Crippen molar-refractivity contribution >= 4 is 5.91 Å². The fourth-order valence-corrected chi connectivity index (χ4v) is 3.98. The molecule has 0 radical (unpaired) electrons. The molecule has 0 aromatic heterocycles. The highest BCUT2D eigenvalue weighted by Gasteiger charge is 2.64. The summed E-state index contributed by atoms with van der Waals surface area (Å²) < 4.78 is 5.47. The molecular weight excluding hydrogens is 202 g/mol. The van der Waals surface area contributed by atoms with Crippen LogP contribution >= 0.6 is 0 Å².